The Morgan fingerprint density at radius 3 is 1.40 bits per heavy atom. The quantitative estimate of drug-likeness (QED) is 0.209. The molecule has 0 bridgehead atoms. The molecular weight excluding hydrogens is 322 g/mol. The van der Waals surface area contributed by atoms with Gasteiger partial charge in [0, 0.05) is 0 Å². The Hall–Kier alpha value is 0.1000. The van der Waals surface area contributed by atoms with E-state index < -0.39 is 21.7 Å². The fourth-order valence-electron chi connectivity index (χ4n) is 0.917. The molecule has 0 amide bonds. The van der Waals surface area contributed by atoms with Crippen molar-refractivity contribution in [2.45, 2.75) is 6.10 Å². The van der Waals surface area contributed by atoms with Crippen molar-refractivity contribution in [3.05, 3.63) is 0 Å². The van der Waals surface area contributed by atoms with Gasteiger partial charge in [0.1, 0.15) is 6.10 Å². The van der Waals surface area contributed by atoms with E-state index in [-0.39, 0.29) is 39.6 Å². The minimum atomic E-state index is -4.51. The van der Waals surface area contributed by atoms with Crippen LogP contribution in [0.1, 0.15) is 0 Å². The van der Waals surface area contributed by atoms with Gasteiger partial charge in [0.05, 0.1) is 39.6 Å². The molecule has 0 aromatic rings. The summed E-state index contributed by atoms with van der Waals surface area (Å²) < 4.78 is 38.4. The van der Waals surface area contributed by atoms with E-state index in [4.69, 9.17) is 29.0 Å². The molecule has 122 valence electrons. The molecular formula is C7H18O11P2. The van der Waals surface area contributed by atoms with Crippen LogP contribution in [0.2, 0.25) is 0 Å². The van der Waals surface area contributed by atoms with E-state index >= 15 is 0 Å². The molecule has 0 aliphatic heterocycles. The van der Waals surface area contributed by atoms with Gasteiger partial charge in [-0.3, -0.25) is 9.05 Å². The number of phosphoric ester groups is 2. The molecule has 0 saturated carbocycles. The summed E-state index contributed by atoms with van der Waals surface area (Å²) in [7, 11) is -9.03. The predicted octanol–water partition coefficient (Wildman–Crippen LogP) is -1.40. The molecule has 0 heterocycles. The third-order valence-corrected chi connectivity index (χ3v) is 2.63. The highest BCUT2D eigenvalue weighted by Gasteiger charge is 2.14. The molecule has 20 heavy (non-hydrogen) atoms. The van der Waals surface area contributed by atoms with E-state index in [1.165, 1.54) is 0 Å². The van der Waals surface area contributed by atoms with Crippen molar-refractivity contribution in [1.29, 1.82) is 0 Å². The molecule has 0 atom stereocenters. The minimum Gasteiger partial charge on any atom is -0.388 e. The molecule has 0 aromatic carbocycles. The lowest BCUT2D eigenvalue weighted by molar-refractivity contribution is -0.0301. The van der Waals surface area contributed by atoms with Crippen molar-refractivity contribution in [1.82, 2.24) is 0 Å². The van der Waals surface area contributed by atoms with E-state index in [0.717, 1.165) is 0 Å². The van der Waals surface area contributed by atoms with E-state index in [9.17, 15) is 14.2 Å². The second kappa shape index (κ2) is 9.93. The molecule has 0 saturated heterocycles. The number of phosphoric acid groups is 2. The largest absolute Gasteiger partial charge is 0.469 e. The van der Waals surface area contributed by atoms with Crippen LogP contribution in [-0.2, 0) is 27.7 Å². The van der Waals surface area contributed by atoms with Crippen LogP contribution in [0, 0.1) is 0 Å². The summed E-state index contributed by atoms with van der Waals surface area (Å²) in [6.45, 7) is -1.19. The molecule has 5 N–H and O–H groups in total. The smallest absolute Gasteiger partial charge is 0.388 e. The van der Waals surface area contributed by atoms with Gasteiger partial charge < -0.3 is 34.2 Å². The highest BCUT2D eigenvalue weighted by molar-refractivity contribution is 7.46. The second-order valence-electron chi connectivity index (χ2n) is 3.45. The van der Waals surface area contributed by atoms with Gasteiger partial charge in [0.15, 0.2) is 0 Å². The zero-order valence-corrected chi connectivity index (χ0v) is 12.2. The summed E-state index contributed by atoms with van der Waals surface area (Å²) >= 11 is 0. The zero-order chi connectivity index (χ0) is 15.6. The van der Waals surface area contributed by atoms with Crippen molar-refractivity contribution in [2.75, 3.05) is 39.6 Å². The normalized spacial score (nSPS) is 13.1. The van der Waals surface area contributed by atoms with Crippen LogP contribution in [-0.4, -0.2) is 70.4 Å². The number of hydrogen-bond donors (Lipinski definition) is 5. The number of aliphatic hydroxyl groups is 1. The lowest BCUT2D eigenvalue weighted by Gasteiger charge is -2.12. The second-order valence-corrected chi connectivity index (χ2v) is 5.93. The maximum atomic E-state index is 10.3. The average molecular weight is 340 g/mol. The van der Waals surface area contributed by atoms with Gasteiger partial charge in [0.2, 0.25) is 0 Å². The van der Waals surface area contributed by atoms with Crippen molar-refractivity contribution in [3.8, 4) is 0 Å². The van der Waals surface area contributed by atoms with E-state index in [1.54, 1.807) is 0 Å². The fraction of sp³-hybridized carbons (Fsp3) is 1.00. The first-order chi connectivity index (χ1) is 9.10. The van der Waals surface area contributed by atoms with Crippen molar-refractivity contribution < 1.29 is 52.3 Å². The topological polar surface area (TPSA) is 172 Å². The highest BCUT2D eigenvalue weighted by Crippen LogP contribution is 2.35. The van der Waals surface area contributed by atoms with Gasteiger partial charge in [-0.15, -0.1) is 0 Å². The van der Waals surface area contributed by atoms with Crippen molar-refractivity contribution >= 4 is 15.6 Å². The first kappa shape index (κ1) is 20.1. The standard InChI is InChI=1S/C7H18O11P2/c8-7(5-15-1-3-17-19(9,10)11)6-16-2-4-18-20(12,13)14/h7-8H,1-6H2,(H2,9,10,11)(H2,12,13,14). The van der Waals surface area contributed by atoms with E-state index in [0.29, 0.717) is 0 Å². The Morgan fingerprint density at radius 2 is 1.10 bits per heavy atom. The van der Waals surface area contributed by atoms with Gasteiger partial charge in [-0.25, -0.2) is 9.13 Å². The average Bonchev–Trinajstić information content (AvgIpc) is 2.25. The molecule has 0 spiro atoms. The summed E-state index contributed by atoms with van der Waals surface area (Å²) in [5.41, 5.74) is 0. The van der Waals surface area contributed by atoms with Crippen molar-refractivity contribution in [2.24, 2.45) is 0 Å². The minimum absolute atomic E-state index is 0.122. The van der Waals surface area contributed by atoms with Crippen LogP contribution < -0.4 is 0 Å². The summed E-state index contributed by atoms with van der Waals surface area (Å²) in [6.07, 6.45) is -1.000. The van der Waals surface area contributed by atoms with Gasteiger partial charge >= 0.3 is 15.6 Å². The Morgan fingerprint density at radius 1 is 0.750 bits per heavy atom. The lowest BCUT2D eigenvalue weighted by atomic mass is 10.4. The fourth-order valence-corrected chi connectivity index (χ4v) is 1.54. The van der Waals surface area contributed by atoms with Crippen LogP contribution in [0.4, 0.5) is 0 Å². The molecule has 0 unspecified atom stereocenters. The Bertz CT molecular complexity index is 304. The molecule has 0 radical (unpaired) electrons. The maximum Gasteiger partial charge on any atom is 0.469 e. The Kier molecular flexibility index (Phi) is 9.98. The summed E-state index contributed by atoms with van der Waals surface area (Å²) in [6, 6.07) is 0. The van der Waals surface area contributed by atoms with Crippen LogP contribution >= 0.6 is 15.6 Å². The number of ether oxygens (including phenoxy) is 2. The molecule has 0 aromatic heterocycles. The first-order valence-corrected chi connectivity index (χ1v) is 8.40. The molecule has 13 heteroatoms. The summed E-state index contributed by atoms with van der Waals surface area (Å²) in [5, 5.41) is 9.33. The van der Waals surface area contributed by atoms with E-state index in [1.807, 2.05) is 0 Å². The number of hydrogen-bond acceptors (Lipinski definition) is 7. The van der Waals surface area contributed by atoms with Gasteiger partial charge in [-0.2, -0.15) is 0 Å². The van der Waals surface area contributed by atoms with Gasteiger partial charge in [0.25, 0.3) is 0 Å². The summed E-state index contributed by atoms with van der Waals surface area (Å²) in [5.74, 6) is 0. The third kappa shape index (κ3) is 16.2. The SMILES string of the molecule is O=P(O)(O)OCCOCC(O)COCCOP(=O)(O)O. The van der Waals surface area contributed by atoms with Crippen LogP contribution in [0.25, 0.3) is 0 Å². The highest BCUT2D eigenvalue weighted by atomic mass is 31.2. The van der Waals surface area contributed by atoms with Gasteiger partial charge in [-0.05, 0) is 0 Å². The lowest BCUT2D eigenvalue weighted by Crippen LogP contribution is -2.23. The first-order valence-electron chi connectivity index (χ1n) is 5.34. The monoisotopic (exact) mass is 340 g/mol. The Labute approximate surface area is 114 Å². The van der Waals surface area contributed by atoms with Crippen LogP contribution in [0.15, 0.2) is 0 Å². The molecule has 11 nitrogen and oxygen atoms in total. The number of aliphatic hydroxyl groups excluding tert-OH is 1. The summed E-state index contributed by atoms with van der Waals surface area (Å²) in [4.78, 5) is 33.4. The third-order valence-electron chi connectivity index (χ3n) is 1.59. The maximum absolute atomic E-state index is 10.3. The van der Waals surface area contributed by atoms with Crippen LogP contribution in [0.5, 0.6) is 0 Å². The molecule has 0 rings (SSSR count). The van der Waals surface area contributed by atoms with Crippen LogP contribution in [0.3, 0.4) is 0 Å². The number of rotatable bonds is 12. The molecule has 0 fully saturated rings. The van der Waals surface area contributed by atoms with E-state index in [2.05, 4.69) is 9.05 Å². The molecule has 0 aliphatic rings. The predicted molar refractivity (Wildman–Crippen MR) is 63.6 cm³/mol. The van der Waals surface area contributed by atoms with Gasteiger partial charge in [-0.1, -0.05) is 0 Å². The molecule has 0 aliphatic carbocycles. The zero-order valence-electron chi connectivity index (χ0n) is 10.4. The Balaban J connectivity index is 3.40. The van der Waals surface area contributed by atoms with Crippen molar-refractivity contribution in [3.63, 3.8) is 0 Å².